The standard InChI is InChI=1S/C18H18N2O2/c1-12-7-9-15(10-8-12)17-19-18(22-20-17)14(3)21-16-6-4-5-13(2)11-16/h4-11,14H,1-3H3/t14-/m0/s1. The fourth-order valence-corrected chi connectivity index (χ4v) is 2.16. The Balaban J connectivity index is 1.76. The number of benzene rings is 2. The van der Waals surface area contributed by atoms with Gasteiger partial charge in [0.25, 0.3) is 5.89 Å². The van der Waals surface area contributed by atoms with Crippen LogP contribution in [0.2, 0.25) is 0 Å². The van der Waals surface area contributed by atoms with E-state index in [0.717, 1.165) is 16.9 Å². The molecule has 0 saturated carbocycles. The van der Waals surface area contributed by atoms with Gasteiger partial charge < -0.3 is 9.26 Å². The summed E-state index contributed by atoms with van der Waals surface area (Å²) in [5.74, 6) is 1.84. The van der Waals surface area contributed by atoms with Crippen molar-refractivity contribution in [2.45, 2.75) is 26.9 Å². The average Bonchev–Trinajstić information content (AvgIpc) is 2.98. The second-order valence-electron chi connectivity index (χ2n) is 5.40. The Labute approximate surface area is 129 Å². The largest absolute Gasteiger partial charge is 0.481 e. The minimum atomic E-state index is -0.298. The molecule has 0 amide bonds. The zero-order chi connectivity index (χ0) is 15.5. The lowest BCUT2D eigenvalue weighted by Gasteiger charge is -2.10. The first-order valence-electron chi connectivity index (χ1n) is 7.26. The molecule has 1 aromatic heterocycles. The van der Waals surface area contributed by atoms with Crippen molar-refractivity contribution >= 4 is 0 Å². The highest BCUT2D eigenvalue weighted by atomic mass is 16.5. The molecule has 3 rings (SSSR count). The Morgan fingerprint density at radius 2 is 1.77 bits per heavy atom. The van der Waals surface area contributed by atoms with Crippen LogP contribution >= 0.6 is 0 Å². The van der Waals surface area contributed by atoms with Gasteiger partial charge in [-0.25, -0.2) is 0 Å². The summed E-state index contributed by atoms with van der Waals surface area (Å²) in [6.45, 7) is 5.97. The number of hydrogen-bond acceptors (Lipinski definition) is 4. The number of rotatable bonds is 4. The molecule has 0 spiro atoms. The third kappa shape index (κ3) is 3.17. The van der Waals surface area contributed by atoms with E-state index >= 15 is 0 Å². The van der Waals surface area contributed by atoms with Crippen molar-refractivity contribution in [3.8, 4) is 17.1 Å². The van der Waals surface area contributed by atoms with E-state index in [9.17, 15) is 0 Å². The van der Waals surface area contributed by atoms with E-state index in [1.165, 1.54) is 5.56 Å². The van der Waals surface area contributed by atoms with Crippen molar-refractivity contribution in [2.24, 2.45) is 0 Å². The molecular weight excluding hydrogens is 276 g/mol. The van der Waals surface area contributed by atoms with Crippen molar-refractivity contribution in [3.63, 3.8) is 0 Å². The molecule has 2 aromatic carbocycles. The predicted octanol–water partition coefficient (Wildman–Crippen LogP) is 4.49. The van der Waals surface area contributed by atoms with Gasteiger partial charge in [0.1, 0.15) is 5.75 Å². The molecule has 0 N–H and O–H groups in total. The second kappa shape index (κ2) is 6.02. The fraction of sp³-hybridized carbons (Fsp3) is 0.222. The van der Waals surface area contributed by atoms with Crippen LogP contribution in [0.3, 0.4) is 0 Å². The smallest absolute Gasteiger partial charge is 0.267 e. The molecule has 0 aliphatic rings. The van der Waals surface area contributed by atoms with Gasteiger partial charge >= 0.3 is 0 Å². The van der Waals surface area contributed by atoms with Gasteiger partial charge in [0.2, 0.25) is 5.82 Å². The van der Waals surface area contributed by atoms with Crippen LogP contribution in [0.1, 0.15) is 30.0 Å². The van der Waals surface area contributed by atoms with Crippen LogP contribution in [0.5, 0.6) is 5.75 Å². The van der Waals surface area contributed by atoms with Crippen LogP contribution in [0, 0.1) is 13.8 Å². The Bertz CT molecular complexity index is 763. The summed E-state index contributed by atoms with van der Waals surface area (Å²) in [7, 11) is 0. The zero-order valence-corrected chi connectivity index (χ0v) is 12.9. The summed E-state index contributed by atoms with van der Waals surface area (Å²) in [5.41, 5.74) is 3.28. The average molecular weight is 294 g/mol. The lowest BCUT2D eigenvalue weighted by molar-refractivity contribution is 0.175. The highest BCUT2D eigenvalue weighted by Gasteiger charge is 2.16. The SMILES string of the molecule is Cc1ccc(-c2noc([C@H](C)Oc3cccc(C)c3)n2)cc1. The molecule has 4 nitrogen and oxygen atoms in total. The van der Waals surface area contributed by atoms with Crippen molar-refractivity contribution < 1.29 is 9.26 Å². The highest BCUT2D eigenvalue weighted by molar-refractivity contribution is 5.54. The molecule has 22 heavy (non-hydrogen) atoms. The summed E-state index contributed by atoms with van der Waals surface area (Å²) in [5, 5.41) is 4.03. The summed E-state index contributed by atoms with van der Waals surface area (Å²) in [4.78, 5) is 4.43. The fourth-order valence-electron chi connectivity index (χ4n) is 2.16. The molecule has 4 heteroatoms. The van der Waals surface area contributed by atoms with E-state index in [-0.39, 0.29) is 6.10 Å². The molecule has 0 radical (unpaired) electrons. The van der Waals surface area contributed by atoms with Crippen molar-refractivity contribution in [2.75, 3.05) is 0 Å². The zero-order valence-electron chi connectivity index (χ0n) is 12.9. The molecule has 1 atom stereocenters. The van der Waals surface area contributed by atoms with Crippen molar-refractivity contribution in [3.05, 3.63) is 65.5 Å². The molecule has 1 heterocycles. The van der Waals surface area contributed by atoms with Crippen LogP contribution in [-0.2, 0) is 0 Å². The van der Waals surface area contributed by atoms with Gasteiger partial charge in [0.15, 0.2) is 6.10 Å². The minimum Gasteiger partial charge on any atom is -0.481 e. The van der Waals surface area contributed by atoms with Crippen LogP contribution in [0.15, 0.2) is 53.1 Å². The molecule has 0 bridgehead atoms. The third-order valence-electron chi connectivity index (χ3n) is 3.40. The van der Waals surface area contributed by atoms with Gasteiger partial charge in [-0.1, -0.05) is 47.1 Å². The number of aromatic nitrogens is 2. The molecule has 0 aliphatic carbocycles. The lowest BCUT2D eigenvalue weighted by atomic mass is 10.1. The maximum Gasteiger partial charge on any atom is 0.267 e. The van der Waals surface area contributed by atoms with Gasteiger partial charge in [-0.15, -0.1) is 0 Å². The molecule has 112 valence electrons. The first-order valence-corrected chi connectivity index (χ1v) is 7.26. The molecule has 0 aliphatic heterocycles. The van der Waals surface area contributed by atoms with Crippen molar-refractivity contribution in [1.82, 2.24) is 10.1 Å². The quantitative estimate of drug-likeness (QED) is 0.711. The molecule has 0 fully saturated rings. The monoisotopic (exact) mass is 294 g/mol. The van der Waals surface area contributed by atoms with Crippen LogP contribution in [0.4, 0.5) is 0 Å². The van der Waals surface area contributed by atoms with Gasteiger partial charge in [-0.2, -0.15) is 4.98 Å². The summed E-state index contributed by atoms with van der Waals surface area (Å²) in [6.07, 6.45) is -0.298. The second-order valence-corrected chi connectivity index (χ2v) is 5.40. The Hall–Kier alpha value is -2.62. The number of nitrogens with zero attached hydrogens (tertiary/aromatic N) is 2. The van der Waals surface area contributed by atoms with E-state index in [2.05, 4.69) is 10.1 Å². The Morgan fingerprint density at radius 1 is 1.00 bits per heavy atom. The van der Waals surface area contributed by atoms with Gasteiger partial charge in [-0.05, 0) is 38.5 Å². The molecule has 0 unspecified atom stereocenters. The number of hydrogen-bond donors (Lipinski definition) is 0. The molecular formula is C18H18N2O2. The minimum absolute atomic E-state index is 0.298. The van der Waals surface area contributed by atoms with Crippen LogP contribution in [0.25, 0.3) is 11.4 Å². The predicted molar refractivity (Wildman–Crippen MR) is 84.7 cm³/mol. The van der Waals surface area contributed by atoms with Gasteiger partial charge in [0.05, 0.1) is 0 Å². The topological polar surface area (TPSA) is 48.2 Å². The van der Waals surface area contributed by atoms with E-state index in [1.807, 2.05) is 69.3 Å². The van der Waals surface area contributed by atoms with Crippen LogP contribution < -0.4 is 4.74 Å². The summed E-state index contributed by atoms with van der Waals surface area (Å²) >= 11 is 0. The van der Waals surface area contributed by atoms with E-state index in [0.29, 0.717) is 11.7 Å². The summed E-state index contributed by atoms with van der Waals surface area (Å²) < 4.78 is 11.2. The first kappa shape index (κ1) is 14.3. The Morgan fingerprint density at radius 3 is 2.50 bits per heavy atom. The van der Waals surface area contributed by atoms with Crippen molar-refractivity contribution in [1.29, 1.82) is 0 Å². The maximum atomic E-state index is 5.85. The van der Waals surface area contributed by atoms with Crippen LogP contribution in [-0.4, -0.2) is 10.1 Å². The van der Waals surface area contributed by atoms with E-state index in [1.54, 1.807) is 0 Å². The van der Waals surface area contributed by atoms with E-state index < -0.39 is 0 Å². The third-order valence-corrected chi connectivity index (χ3v) is 3.40. The van der Waals surface area contributed by atoms with Gasteiger partial charge in [0, 0.05) is 5.56 Å². The van der Waals surface area contributed by atoms with Gasteiger partial charge in [-0.3, -0.25) is 0 Å². The Kier molecular flexibility index (Phi) is 3.92. The molecule has 0 saturated heterocycles. The molecule has 3 aromatic rings. The first-order chi connectivity index (χ1) is 10.6. The number of ether oxygens (including phenoxy) is 1. The summed E-state index contributed by atoms with van der Waals surface area (Å²) in [6, 6.07) is 15.9. The van der Waals surface area contributed by atoms with E-state index in [4.69, 9.17) is 9.26 Å². The normalized spacial score (nSPS) is 12.1. The number of aryl methyl sites for hydroxylation is 2. The lowest BCUT2D eigenvalue weighted by Crippen LogP contribution is -2.03. The highest BCUT2D eigenvalue weighted by Crippen LogP contribution is 2.23. The maximum absolute atomic E-state index is 5.85.